The number of pyridine rings is 1. The Morgan fingerprint density at radius 2 is 1.81 bits per heavy atom. The first-order valence-electron chi connectivity index (χ1n) is 5.40. The van der Waals surface area contributed by atoms with Crippen LogP contribution in [0.5, 0.6) is 0 Å². The van der Waals surface area contributed by atoms with E-state index in [2.05, 4.69) is 26.3 Å². The molecule has 4 nitrogen and oxygen atoms in total. The van der Waals surface area contributed by atoms with Crippen molar-refractivity contribution in [3.8, 4) is 0 Å². The fourth-order valence-electron chi connectivity index (χ4n) is 1.63. The van der Waals surface area contributed by atoms with Crippen molar-refractivity contribution in [2.24, 2.45) is 0 Å². The molecule has 0 radical (unpaired) electrons. The largest absolute Gasteiger partial charge is 0.352 e. The lowest BCUT2D eigenvalue weighted by Gasteiger charge is -2.05. The van der Waals surface area contributed by atoms with Crippen LogP contribution in [0.25, 0.3) is 0 Å². The van der Waals surface area contributed by atoms with E-state index < -0.39 is 0 Å². The second kappa shape index (κ2) is 3.89. The van der Waals surface area contributed by atoms with Crippen LogP contribution in [0.2, 0.25) is 0 Å². The fraction of sp³-hybridized carbons (Fsp3) is 0.250. The van der Waals surface area contributed by atoms with Crippen molar-refractivity contribution in [3.05, 3.63) is 42.7 Å². The standard InChI is InChI=1S/C12H12N4/c1-2-9(1)12-4-3-10(7-15-12)16-11-5-13-8-14-6-11/h3-9,16H,1-2H2. The number of rotatable bonds is 3. The number of nitrogens with one attached hydrogen (secondary N) is 1. The highest BCUT2D eigenvalue weighted by Crippen LogP contribution is 2.38. The van der Waals surface area contributed by atoms with Crippen molar-refractivity contribution < 1.29 is 0 Å². The van der Waals surface area contributed by atoms with Crippen molar-refractivity contribution in [2.45, 2.75) is 18.8 Å². The quantitative estimate of drug-likeness (QED) is 0.849. The normalized spacial score (nSPS) is 14.8. The Bertz CT molecular complexity index is 462. The van der Waals surface area contributed by atoms with E-state index in [9.17, 15) is 0 Å². The minimum absolute atomic E-state index is 0.703. The van der Waals surface area contributed by atoms with Crippen molar-refractivity contribution in [3.63, 3.8) is 0 Å². The maximum atomic E-state index is 4.43. The molecule has 0 aromatic carbocycles. The van der Waals surface area contributed by atoms with Crippen LogP contribution >= 0.6 is 0 Å². The number of aromatic nitrogens is 3. The van der Waals surface area contributed by atoms with Gasteiger partial charge in [-0.3, -0.25) is 4.98 Å². The lowest BCUT2D eigenvalue weighted by molar-refractivity contribution is 1.02. The monoisotopic (exact) mass is 212 g/mol. The second-order valence-electron chi connectivity index (χ2n) is 4.00. The summed E-state index contributed by atoms with van der Waals surface area (Å²) in [4.78, 5) is 12.3. The molecule has 0 atom stereocenters. The summed E-state index contributed by atoms with van der Waals surface area (Å²) in [5, 5.41) is 3.20. The van der Waals surface area contributed by atoms with E-state index in [1.165, 1.54) is 24.9 Å². The topological polar surface area (TPSA) is 50.7 Å². The van der Waals surface area contributed by atoms with Crippen LogP contribution in [0, 0.1) is 0 Å². The molecule has 0 amide bonds. The average Bonchev–Trinajstić information content (AvgIpc) is 3.15. The van der Waals surface area contributed by atoms with Crippen LogP contribution in [-0.2, 0) is 0 Å². The van der Waals surface area contributed by atoms with Gasteiger partial charge in [-0.15, -0.1) is 0 Å². The molecule has 1 saturated carbocycles. The summed E-state index contributed by atoms with van der Waals surface area (Å²) in [5.41, 5.74) is 3.05. The van der Waals surface area contributed by atoms with E-state index in [-0.39, 0.29) is 0 Å². The summed E-state index contributed by atoms with van der Waals surface area (Å²) in [7, 11) is 0. The van der Waals surface area contributed by atoms with Gasteiger partial charge in [0.25, 0.3) is 0 Å². The molecule has 2 heterocycles. The predicted octanol–water partition coefficient (Wildman–Crippen LogP) is 2.49. The molecule has 0 unspecified atom stereocenters. The van der Waals surface area contributed by atoms with Gasteiger partial charge in [0.1, 0.15) is 6.33 Å². The first kappa shape index (κ1) is 9.27. The molecule has 0 saturated heterocycles. The summed E-state index contributed by atoms with van der Waals surface area (Å²) in [6.07, 6.45) is 9.42. The molecule has 1 N–H and O–H groups in total. The molecule has 1 fully saturated rings. The minimum Gasteiger partial charge on any atom is -0.352 e. The lowest BCUT2D eigenvalue weighted by atomic mass is 10.2. The molecule has 3 rings (SSSR count). The van der Waals surface area contributed by atoms with E-state index in [1.54, 1.807) is 12.4 Å². The molecular weight excluding hydrogens is 200 g/mol. The summed E-state index contributed by atoms with van der Waals surface area (Å²) in [6.45, 7) is 0. The molecule has 0 bridgehead atoms. The first-order valence-corrected chi connectivity index (χ1v) is 5.40. The summed E-state index contributed by atoms with van der Waals surface area (Å²) in [6, 6.07) is 4.14. The lowest BCUT2D eigenvalue weighted by Crippen LogP contribution is -1.94. The Kier molecular flexibility index (Phi) is 2.25. The van der Waals surface area contributed by atoms with Gasteiger partial charge in [-0.1, -0.05) is 0 Å². The van der Waals surface area contributed by atoms with Gasteiger partial charge in [-0.05, 0) is 25.0 Å². The number of hydrogen-bond acceptors (Lipinski definition) is 4. The third-order valence-electron chi connectivity index (χ3n) is 2.63. The van der Waals surface area contributed by atoms with Crippen molar-refractivity contribution >= 4 is 11.4 Å². The van der Waals surface area contributed by atoms with E-state index in [0.717, 1.165) is 11.4 Å². The Morgan fingerprint density at radius 3 is 2.44 bits per heavy atom. The second-order valence-corrected chi connectivity index (χ2v) is 4.00. The van der Waals surface area contributed by atoms with Gasteiger partial charge in [0.15, 0.2) is 0 Å². The highest BCUT2D eigenvalue weighted by molar-refractivity contribution is 5.56. The maximum Gasteiger partial charge on any atom is 0.115 e. The summed E-state index contributed by atoms with van der Waals surface area (Å²) < 4.78 is 0. The van der Waals surface area contributed by atoms with Gasteiger partial charge in [0.05, 0.1) is 30.0 Å². The van der Waals surface area contributed by atoms with Gasteiger partial charge < -0.3 is 5.32 Å². The van der Waals surface area contributed by atoms with E-state index in [0.29, 0.717) is 5.92 Å². The SMILES string of the molecule is c1ncc(Nc2ccc(C3CC3)nc2)cn1. The Morgan fingerprint density at radius 1 is 1.00 bits per heavy atom. The fourth-order valence-corrected chi connectivity index (χ4v) is 1.63. The first-order chi connectivity index (χ1) is 7.92. The van der Waals surface area contributed by atoms with Crippen LogP contribution in [-0.4, -0.2) is 15.0 Å². The molecule has 0 spiro atoms. The van der Waals surface area contributed by atoms with Gasteiger partial charge in [0.2, 0.25) is 0 Å². The number of anilines is 2. The van der Waals surface area contributed by atoms with Gasteiger partial charge >= 0.3 is 0 Å². The zero-order valence-corrected chi connectivity index (χ0v) is 8.80. The van der Waals surface area contributed by atoms with Crippen molar-refractivity contribution in [1.82, 2.24) is 15.0 Å². The molecular formula is C12H12N4. The highest BCUT2D eigenvalue weighted by atomic mass is 14.9. The van der Waals surface area contributed by atoms with Crippen molar-refractivity contribution in [2.75, 3.05) is 5.32 Å². The van der Waals surface area contributed by atoms with Crippen LogP contribution < -0.4 is 5.32 Å². The summed E-state index contributed by atoms with van der Waals surface area (Å²) >= 11 is 0. The van der Waals surface area contributed by atoms with E-state index >= 15 is 0 Å². The van der Waals surface area contributed by atoms with E-state index in [4.69, 9.17) is 0 Å². The Balaban J connectivity index is 1.75. The third-order valence-corrected chi connectivity index (χ3v) is 2.63. The Labute approximate surface area is 93.8 Å². The molecule has 0 aliphatic heterocycles. The number of nitrogens with zero attached hydrogens (tertiary/aromatic N) is 3. The zero-order chi connectivity index (χ0) is 10.8. The molecule has 2 aromatic heterocycles. The zero-order valence-electron chi connectivity index (χ0n) is 8.80. The summed E-state index contributed by atoms with van der Waals surface area (Å²) in [5.74, 6) is 0.703. The van der Waals surface area contributed by atoms with Crippen LogP contribution in [0.1, 0.15) is 24.5 Å². The molecule has 16 heavy (non-hydrogen) atoms. The molecule has 4 heteroatoms. The minimum atomic E-state index is 0.703. The average molecular weight is 212 g/mol. The predicted molar refractivity (Wildman–Crippen MR) is 61.5 cm³/mol. The van der Waals surface area contributed by atoms with Gasteiger partial charge in [-0.25, -0.2) is 9.97 Å². The van der Waals surface area contributed by atoms with Gasteiger partial charge in [-0.2, -0.15) is 0 Å². The molecule has 80 valence electrons. The third kappa shape index (κ3) is 2.00. The van der Waals surface area contributed by atoms with Crippen LogP contribution in [0.3, 0.4) is 0 Å². The van der Waals surface area contributed by atoms with E-state index in [1.807, 2.05) is 12.3 Å². The smallest absolute Gasteiger partial charge is 0.115 e. The van der Waals surface area contributed by atoms with Gasteiger partial charge in [0, 0.05) is 11.6 Å². The molecule has 2 aromatic rings. The Hall–Kier alpha value is -1.97. The van der Waals surface area contributed by atoms with Crippen LogP contribution in [0.15, 0.2) is 37.1 Å². The van der Waals surface area contributed by atoms with Crippen LogP contribution in [0.4, 0.5) is 11.4 Å². The maximum absolute atomic E-state index is 4.43. The highest BCUT2D eigenvalue weighted by Gasteiger charge is 2.24. The molecule has 1 aliphatic carbocycles. The van der Waals surface area contributed by atoms with Crippen molar-refractivity contribution in [1.29, 1.82) is 0 Å². The number of hydrogen-bond donors (Lipinski definition) is 1. The molecule has 1 aliphatic rings.